The molecule has 0 bridgehead atoms. The summed E-state index contributed by atoms with van der Waals surface area (Å²) in [5, 5.41) is 4.32. The maximum atomic E-state index is 4.15. The van der Waals surface area contributed by atoms with E-state index < -0.39 is 0 Å². The Labute approximate surface area is 71.5 Å². The van der Waals surface area contributed by atoms with Crippen molar-refractivity contribution < 1.29 is 0 Å². The number of hydrogen-bond acceptors (Lipinski definition) is 3. The van der Waals surface area contributed by atoms with Gasteiger partial charge in [-0.1, -0.05) is 12.7 Å². The maximum absolute atomic E-state index is 4.15. The number of allylic oxidation sites excluding steroid dienone is 1. The van der Waals surface area contributed by atoms with Crippen LogP contribution in [0.5, 0.6) is 0 Å². The van der Waals surface area contributed by atoms with Crippen LogP contribution in [-0.2, 0) is 0 Å². The van der Waals surface area contributed by atoms with Crippen molar-refractivity contribution in [1.82, 2.24) is 5.32 Å². The van der Waals surface area contributed by atoms with Gasteiger partial charge in [-0.3, -0.25) is 0 Å². The Morgan fingerprint density at radius 2 is 2.55 bits per heavy atom. The third kappa shape index (κ3) is 2.12. The lowest BCUT2D eigenvalue weighted by atomic mass is 10.4. The van der Waals surface area contributed by atoms with E-state index in [1.54, 1.807) is 18.0 Å². The zero-order valence-corrected chi connectivity index (χ0v) is 7.45. The predicted octanol–water partition coefficient (Wildman–Crippen LogP) is 1.77. The summed E-state index contributed by atoms with van der Waals surface area (Å²) in [6, 6.07) is 0. The molecular weight excluding hydrogens is 156 g/mol. The lowest BCUT2D eigenvalue weighted by Crippen LogP contribution is -2.27. The Bertz CT molecular complexity index is 206. The number of nitrogens with one attached hydrogen (secondary N) is 1. The van der Waals surface area contributed by atoms with Gasteiger partial charge < -0.3 is 5.32 Å². The van der Waals surface area contributed by atoms with Gasteiger partial charge in [-0.05, 0) is 6.92 Å². The second-order valence-corrected chi connectivity index (χ2v) is 3.18. The molecule has 60 valence electrons. The first-order valence-corrected chi connectivity index (χ1v) is 4.59. The molecule has 2 nitrogen and oxygen atoms in total. The van der Waals surface area contributed by atoms with Gasteiger partial charge in [-0.15, -0.1) is 11.8 Å². The van der Waals surface area contributed by atoms with Gasteiger partial charge in [0.1, 0.15) is 5.04 Å². The standard InChI is InChI=1S/C8H12N2S/c1-3-7-8(9-4-2)11-6-5-10-7/h3-4,10H,2,5-6H2,1H3/b7-3+,9-8?. The van der Waals surface area contributed by atoms with Gasteiger partial charge in [0.2, 0.25) is 0 Å². The fraction of sp³-hybridized carbons (Fsp3) is 0.375. The average Bonchev–Trinajstić information content (AvgIpc) is 2.06. The average molecular weight is 168 g/mol. The Kier molecular flexibility index (Phi) is 3.23. The lowest BCUT2D eigenvalue weighted by molar-refractivity contribution is 0.892. The molecule has 1 aliphatic rings. The largest absolute Gasteiger partial charge is 0.382 e. The van der Waals surface area contributed by atoms with Crippen LogP contribution in [0.15, 0.2) is 29.5 Å². The molecule has 1 fully saturated rings. The van der Waals surface area contributed by atoms with E-state index in [2.05, 4.69) is 16.9 Å². The molecule has 0 aliphatic carbocycles. The monoisotopic (exact) mass is 168 g/mol. The molecule has 1 saturated heterocycles. The lowest BCUT2D eigenvalue weighted by Gasteiger charge is -2.17. The predicted molar refractivity (Wildman–Crippen MR) is 51.8 cm³/mol. The first-order chi connectivity index (χ1) is 5.38. The zero-order chi connectivity index (χ0) is 8.10. The summed E-state index contributed by atoms with van der Waals surface area (Å²) in [7, 11) is 0. The molecule has 0 amide bonds. The van der Waals surface area contributed by atoms with Crippen LogP contribution in [0.2, 0.25) is 0 Å². The molecule has 1 aliphatic heterocycles. The third-order valence-corrected chi connectivity index (χ3v) is 2.39. The summed E-state index contributed by atoms with van der Waals surface area (Å²) >= 11 is 1.77. The van der Waals surface area contributed by atoms with Gasteiger partial charge in [0.15, 0.2) is 0 Å². The molecule has 0 aromatic carbocycles. The Morgan fingerprint density at radius 1 is 1.73 bits per heavy atom. The molecule has 11 heavy (non-hydrogen) atoms. The number of aliphatic imine (C=N–C) groups is 1. The SMILES string of the molecule is C=CN=C1SCCN/C1=C/C. The second kappa shape index (κ2) is 4.23. The highest BCUT2D eigenvalue weighted by molar-refractivity contribution is 8.14. The number of hydrogen-bond donors (Lipinski definition) is 1. The molecule has 1 heterocycles. The topological polar surface area (TPSA) is 24.4 Å². The molecule has 1 rings (SSSR count). The van der Waals surface area contributed by atoms with E-state index in [-0.39, 0.29) is 0 Å². The van der Waals surface area contributed by atoms with Crippen LogP contribution >= 0.6 is 11.8 Å². The highest BCUT2D eigenvalue weighted by atomic mass is 32.2. The van der Waals surface area contributed by atoms with E-state index in [1.807, 2.05) is 13.0 Å². The second-order valence-electron chi connectivity index (χ2n) is 2.09. The van der Waals surface area contributed by atoms with Crippen molar-refractivity contribution in [3.8, 4) is 0 Å². The van der Waals surface area contributed by atoms with Crippen LogP contribution in [0, 0.1) is 0 Å². The van der Waals surface area contributed by atoms with Crippen LogP contribution in [0.25, 0.3) is 0 Å². The van der Waals surface area contributed by atoms with E-state index in [1.165, 1.54) is 0 Å². The van der Waals surface area contributed by atoms with Gasteiger partial charge >= 0.3 is 0 Å². The van der Waals surface area contributed by atoms with E-state index >= 15 is 0 Å². The van der Waals surface area contributed by atoms with Gasteiger partial charge in [0.25, 0.3) is 0 Å². The summed E-state index contributed by atoms with van der Waals surface area (Å²) in [6.45, 7) is 6.60. The highest BCUT2D eigenvalue weighted by Crippen LogP contribution is 2.15. The fourth-order valence-corrected chi connectivity index (χ4v) is 1.79. The molecular formula is C8H12N2S. The summed E-state index contributed by atoms with van der Waals surface area (Å²) < 4.78 is 0. The summed E-state index contributed by atoms with van der Waals surface area (Å²) in [5.41, 5.74) is 1.13. The minimum atomic E-state index is 1.03. The molecule has 0 atom stereocenters. The van der Waals surface area contributed by atoms with Crippen molar-refractivity contribution in [1.29, 1.82) is 0 Å². The van der Waals surface area contributed by atoms with Crippen LogP contribution in [0.4, 0.5) is 0 Å². The van der Waals surface area contributed by atoms with Crippen molar-refractivity contribution in [3.05, 3.63) is 24.6 Å². The van der Waals surface area contributed by atoms with Crippen molar-refractivity contribution in [3.63, 3.8) is 0 Å². The summed E-state index contributed by atoms with van der Waals surface area (Å²) in [5.74, 6) is 1.09. The molecule has 0 spiro atoms. The Balaban J connectivity index is 2.74. The summed E-state index contributed by atoms with van der Waals surface area (Å²) in [4.78, 5) is 4.15. The van der Waals surface area contributed by atoms with Crippen LogP contribution < -0.4 is 5.32 Å². The van der Waals surface area contributed by atoms with Crippen LogP contribution in [0.3, 0.4) is 0 Å². The van der Waals surface area contributed by atoms with E-state index in [9.17, 15) is 0 Å². The fourth-order valence-electron chi connectivity index (χ4n) is 0.902. The highest BCUT2D eigenvalue weighted by Gasteiger charge is 2.10. The molecule has 0 saturated carbocycles. The van der Waals surface area contributed by atoms with Gasteiger partial charge in [-0.25, -0.2) is 4.99 Å². The Hall–Kier alpha value is -0.700. The van der Waals surface area contributed by atoms with Crippen LogP contribution in [0.1, 0.15) is 6.92 Å². The molecule has 0 aromatic rings. The molecule has 3 heteroatoms. The first kappa shape index (κ1) is 8.40. The minimum absolute atomic E-state index is 1.03. The zero-order valence-electron chi connectivity index (χ0n) is 6.63. The molecule has 0 unspecified atom stereocenters. The maximum Gasteiger partial charge on any atom is 0.119 e. The van der Waals surface area contributed by atoms with Gasteiger partial charge in [0.05, 0.1) is 5.70 Å². The molecule has 0 aromatic heterocycles. The summed E-state index contributed by atoms with van der Waals surface area (Å²) in [6.07, 6.45) is 3.62. The number of rotatable bonds is 1. The third-order valence-electron chi connectivity index (χ3n) is 1.38. The first-order valence-electron chi connectivity index (χ1n) is 3.60. The molecule has 0 radical (unpaired) electrons. The van der Waals surface area contributed by atoms with E-state index in [4.69, 9.17) is 0 Å². The van der Waals surface area contributed by atoms with Gasteiger partial charge in [-0.2, -0.15) is 0 Å². The van der Waals surface area contributed by atoms with Crippen LogP contribution in [-0.4, -0.2) is 17.3 Å². The quantitative estimate of drug-likeness (QED) is 0.645. The van der Waals surface area contributed by atoms with Crippen molar-refractivity contribution in [2.75, 3.05) is 12.3 Å². The van der Waals surface area contributed by atoms with Crippen molar-refractivity contribution in [2.24, 2.45) is 4.99 Å². The number of nitrogens with zero attached hydrogens (tertiary/aromatic N) is 1. The number of thioether (sulfide) groups is 1. The smallest absolute Gasteiger partial charge is 0.119 e. The van der Waals surface area contributed by atoms with Gasteiger partial charge in [0, 0.05) is 18.5 Å². The molecule has 1 N–H and O–H groups in total. The van der Waals surface area contributed by atoms with E-state index in [0.717, 1.165) is 23.0 Å². The normalized spacial score (nSPS) is 25.2. The van der Waals surface area contributed by atoms with Crippen molar-refractivity contribution >= 4 is 16.8 Å². The Morgan fingerprint density at radius 3 is 3.18 bits per heavy atom. The van der Waals surface area contributed by atoms with Crippen molar-refractivity contribution in [2.45, 2.75) is 6.92 Å². The van der Waals surface area contributed by atoms with E-state index in [0.29, 0.717) is 0 Å². The minimum Gasteiger partial charge on any atom is -0.382 e.